The fourth-order valence-corrected chi connectivity index (χ4v) is 5.76. The van der Waals surface area contributed by atoms with E-state index in [1.165, 1.54) is 7.11 Å². The van der Waals surface area contributed by atoms with Crippen molar-refractivity contribution in [3.05, 3.63) is 34.3 Å². The van der Waals surface area contributed by atoms with E-state index in [-0.39, 0.29) is 23.3 Å². The molecule has 1 aromatic carbocycles. The molecule has 4 nitrogen and oxygen atoms in total. The summed E-state index contributed by atoms with van der Waals surface area (Å²) in [5.41, 5.74) is 6.02. The predicted molar refractivity (Wildman–Crippen MR) is 91.2 cm³/mol. The Morgan fingerprint density at radius 1 is 1.43 bits per heavy atom. The molecule has 0 amide bonds. The van der Waals surface area contributed by atoms with E-state index < -0.39 is 20.5 Å². The summed E-state index contributed by atoms with van der Waals surface area (Å²) in [4.78, 5) is 0.208. The zero-order valence-electron chi connectivity index (χ0n) is 11.9. The Labute approximate surface area is 139 Å². The lowest BCUT2D eigenvalue weighted by molar-refractivity contribution is 0.166. The molecule has 1 aliphatic carbocycles. The molecule has 21 heavy (non-hydrogen) atoms. The minimum atomic E-state index is -3.27. The average Bonchev–Trinajstić information content (AvgIpc) is 3.11. The van der Waals surface area contributed by atoms with Crippen molar-refractivity contribution in [1.29, 1.82) is 0 Å². The summed E-state index contributed by atoms with van der Waals surface area (Å²) in [6.07, 6.45) is 0. The number of halogens is 1. The van der Waals surface area contributed by atoms with Crippen molar-refractivity contribution in [2.75, 3.05) is 19.5 Å². The molecular formula is C14H18BrNO3S2. The van der Waals surface area contributed by atoms with Crippen molar-refractivity contribution >= 4 is 43.0 Å². The smallest absolute Gasteiger partial charge is 0.154 e. The highest BCUT2D eigenvalue weighted by Crippen LogP contribution is 2.63. The molecule has 2 N–H and O–H groups in total. The number of sulfone groups is 1. The molecular weight excluding hydrogens is 374 g/mol. The van der Waals surface area contributed by atoms with Gasteiger partial charge < -0.3 is 10.5 Å². The van der Waals surface area contributed by atoms with Gasteiger partial charge in [-0.1, -0.05) is 47.2 Å². The topological polar surface area (TPSA) is 69.4 Å². The third-order valence-corrected chi connectivity index (χ3v) is 7.30. The third-order valence-electron chi connectivity index (χ3n) is 4.12. The molecule has 1 aliphatic rings. The molecule has 2 rings (SSSR count). The molecule has 1 fully saturated rings. The molecule has 0 heterocycles. The number of thiocarbonyl (C=S) groups is 1. The summed E-state index contributed by atoms with van der Waals surface area (Å²) >= 11 is 8.56. The Balaban J connectivity index is 2.51. The first-order valence-electron chi connectivity index (χ1n) is 6.57. The molecule has 0 spiro atoms. The van der Waals surface area contributed by atoms with Crippen LogP contribution in [-0.4, -0.2) is 38.1 Å². The largest absolute Gasteiger partial charge is 0.393 e. The van der Waals surface area contributed by atoms with E-state index >= 15 is 0 Å². The van der Waals surface area contributed by atoms with E-state index in [2.05, 4.69) is 15.9 Å². The summed E-state index contributed by atoms with van der Waals surface area (Å²) in [5.74, 6) is -0.174. The Morgan fingerprint density at radius 3 is 2.43 bits per heavy atom. The van der Waals surface area contributed by atoms with Crippen molar-refractivity contribution in [2.24, 2.45) is 11.1 Å². The van der Waals surface area contributed by atoms with Gasteiger partial charge in [0.1, 0.15) is 0 Å². The van der Waals surface area contributed by atoms with Gasteiger partial charge in [-0.3, -0.25) is 0 Å². The van der Waals surface area contributed by atoms with Crippen LogP contribution in [0.5, 0.6) is 0 Å². The number of nitrogens with two attached hydrogens (primary N) is 1. The Bertz CT molecular complexity index is 645. The van der Waals surface area contributed by atoms with Gasteiger partial charge in [-0.2, -0.15) is 0 Å². The number of benzene rings is 1. The van der Waals surface area contributed by atoms with Crippen LogP contribution < -0.4 is 5.73 Å². The minimum absolute atomic E-state index is 0.0682. The van der Waals surface area contributed by atoms with Gasteiger partial charge in [0.15, 0.2) is 9.84 Å². The van der Waals surface area contributed by atoms with Crippen LogP contribution in [0.3, 0.4) is 0 Å². The highest BCUT2D eigenvalue weighted by molar-refractivity contribution is 9.10. The van der Waals surface area contributed by atoms with Gasteiger partial charge in [-0.05, 0) is 17.7 Å². The summed E-state index contributed by atoms with van der Waals surface area (Å²) in [6, 6.07) is 7.59. The Hall–Kier alpha value is -0.500. The van der Waals surface area contributed by atoms with Crippen molar-refractivity contribution in [1.82, 2.24) is 0 Å². The van der Waals surface area contributed by atoms with Gasteiger partial charge in [0.2, 0.25) is 0 Å². The maximum atomic E-state index is 12.4. The van der Waals surface area contributed by atoms with Crippen molar-refractivity contribution in [3.63, 3.8) is 0 Å². The second-order valence-electron chi connectivity index (χ2n) is 5.24. The fourth-order valence-electron chi connectivity index (χ4n) is 3.03. The van der Waals surface area contributed by atoms with Crippen LogP contribution in [0.25, 0.3) is 0 Å². The van der Waals surface area contributed by atoms with Crippen LogP contribution in [0.15, 0.2) is 28.7 Å². The van der Waals surface area contributed by atoms with Crippen LogP contribution in [0.2, 0.25) is 0 Å². The molecule has 0 radical (unpaired) electrons. The van der Waals surface area contributed by atoms with Gasteiger partial charge >= 0.3 is 0 Å². The Kier molecular flexibility index (Phi) is 4.78. The standard InChI is InChI=1S/C14H18BrNO3S2/c1-3-21(17,18)12-11(9-4-6-10(15)7-5-9)14(12,8-19-2)13(16)20/h4-7,11-12H,3,8H2,1-2H3,(H2,16,20)/t11-,12-,14+/m1/s1. The molecule has 0 aromatic heterocycles. The number of methoxy groups -OCH3 is 1. The highest BCUT2D eigenvalue weighted by Gasteiger charge is 2.72. The predicted octanol–water partition coefficient (Wildman–Crippen LogP) is 2.27. The summed E-state index contributed by atoms with van der Waals surface area (Å²) < 4.78 is 31.0. The van der Waals surface area contributed by atoms with Crippen molar-refractivity contribution < 1.29 is 13.2 Å². The van der Waals surface area contributed by atoms with Crippen molar-refractivity contribution in [3.8, 4) is 0 Å². The lowest BCUT2D eigenvalue weighted by atomic mass is 10.00. The summed E-state index contributed by atoms with van der Waals surface area (Å²) in [6.45, 7) is 1.86. The number of hydrogen-bond donors (Lipinski definition) is 1. The first-order valence-corrected chi connectivity index (χ1v) is 9.48. The molecule has 0 aliphatic heterocycles. The summed E-state index contributed by atoms with van der Waals surface area (Å²) in [5, 5.41) is -0.603. The molecule has 7 heteroatoms. The van der Waals surface area contributed by atoms with Gasteiger partial charge in [0.25, 0.3) is 0 Å². The SMILES string of the molecule is CCS(=O)(=O)[C@@H]1[C@@H](c2ccc(Br)cc2)[C@]1(COC)C(N)=S. The molecule has 116 valence electrons. The molecule has 0 saturated heterocycles. The quantitative estimate of drug-likeness (QED) is 0.753. The van der Waals surface area contributed by atoms with Crippen LogP contribution in [0.1, 0.15) is 18.4 Å². The minimum Gasteiger partial charge on any atom is -0.393 e. The lowest BCUT2D eigenvalue weighted by Gasteiger charge is -2.15. The monoisotopic (exact) mass is 391 g/mol. The van der Waals surface area contributed by atoms with Crippen LogP contribution in [-0.2, 0) is 14.6 Å². The van der Waals surface area contributed by atoms with Gasteiger partial charge in [0.05, 0.1) is 22.3 Å². The fraction of sp³-hybridized carbons (Fsp3) is 0.500. The lowest BCUT2D eigenvalue weighted by Crippen LogP contribution is -2.33. The van der Waals surface area contributed by atoms with Crippen molar-refractivity contribution in [2.45, 2.75) is 18.1 Å². The maximum absolute atomic E-state index is 12.4. The summed E-state index contributed by atoms with van der Waals surface area (Å²) in [7, 11) is -1.73. The average molecular weight is 392 g/mol. The van der Waals surface area contributed by atoms with Crippen LogP contribution in [0, 0.1) is 5.41 Å². The van der Waals surface area contributed by atoms with E-state index in [1.807, 2.05) is 24.3 Å². The highest BCUT2D eigenvalue weighted by atomic mass is 79.9. The molecule has 0 unspecified atom stereocenters. The van der Waals surface area contributed by atoms with Crippen LogP contribution >= 0.6 is 28.1 Å². The number of rotatable bonds is 6. The van der Waals surface area contributed by atoms with E-state index in [4.69, 9.17) is 22.7 Å². The van der Waals surface area contributed by atoms with Crippen LogP contribution in [0.4, 0.5) is 0 Å². The van der Waals surface area contributed by atoms with Gasteiger partial charge in [-0.25, -0.2) is 8.42 Å². The Morgan fingerprint density at radius 2 is 2.00 bits per heavy atom. The van der Waals surface area contributed by atoms with E-state index in [9.17, 15) is 8.42 Å². The van der Waals surface area contributed by atoms with E-state index in [0.29, 0.717) is 0 Å². The molecule has 3 atom stereocenters. The molecule has 1 saturated carbocycles. The van der Waals surface area contributed by atoms with E-state index in [0.717, 1.165) is 10.0 Å². The van der Waals surface area contributed by atoms with Gasteiger partial charge in [-0.15, -0.1) is 0 Å². The zero-order chi connectivity index (χ0) is 15.8. The molecule has 0 bridgehead atoms. The van der Waals surface area contributed by atoms with Gasteiger partial charge in [0, 0.05) is 23.3 Å². The third kappa shape index (κ3) is 2.76. The molecule has 1 aromatic rings. The zero-order valence-corrected chi connectivity index (χ0v) is 15.1. The second kappa shape index (κ2) is 5.95. The normalized spacial score (nSPS) is 28.3. The first kappa shape index (κ1) is 16.9. The van der Waals surface area contributed by atoms with E-state index in [1.54, 1.807) is 6.92 Å². The maximum Gasteiger partial charge on any atom is 0.154 e. The number of ether oxygens (including phenoxy) is 1. The number of hydrogen-bond acceptors (Lipinski definition) is 4. The second-order valence-corrected chi connectivity index (χ2v) is 9.01. The first-order chi connectivity index (χ1) is 9.81.